The topological polar surface area (TPSA) is 70.5 Å². The van der Waals surface area contributed by atoms with Gasteiger partial charge in [0.25, 0.3) is 0 Å². The second-order valence-electron chi connectivity index (χ2n) is 6.21. The van der Waals surface area contributed by atoms with Crippen LogP contribution in [0.2, 0.25) is 0 Å². The Hall–Kier alpha value is -1.77. The summed E-state index contributed by atoms with van der Waals surface area (Å²) in [5.74, 6) is 0.850. The fourth-order valence-electron chi connectivity index (χ4n) is 2.76. The number of halogens is 1. The first-order valence-electron chi connectivity index (χ1n) is 9.57. The molecule has 2 aromatic rings. The van der Waals surface area contributed by atoms with Gasteiger partial charge < -0.3 is 20.5 Å². The first-order chi connectivity index (χ1) is 12.7. The molecule has 0 saturated carbocycles. The molecule has 3 N–H and O–H groups in total. The minimum Gasteiger partial charge on any atom is -0.357 e. The van der Waals surface area contributed by atoms with Crippen LogP contribution in [-0.4, -0.2) is 42.6 Å². The number of benzene rings is 1. The molecule has 0 spiro atoms. The van der Waals surface area contributed by atoms with Crippen molar-refractivity contribution in [2.45, 2.75) is 39.7 Å². The smallest absolute Gasteiger partial charge is 0.221 e. The van der Waals surface area contributed by atoms with E-state index >= 15 is 0 Å². The van der Waals surface area contributed by atoms with Crippen LogP contribution in [0, 0.1) is 0 Å². The molecule has 0 aliphatic carbocycles. The third kappa shape index (κ3) is 8.19. The third-order valence-electron chi connectivity index (χ3n) is 4.07. The summed E-state index contributed by atoms with van der Waals surface area (Å²) >= 11 is 0. The molecule has 2 rings (SSSR count). The summed E-state index contributed by atoms with van der Waals surface area (Å²) in [6, 6.07) is 10.6. The second kappa shape index (κ2) is 13.4. The van der Waals surface area contributed by atoms with Crippen molar-refractivity contribution in [3.63, 3.8) is 0 Å². The van der Waals surface area contributed by atoms with Crippen LogP contribution in [0.3, 0.4) is 0 Å². The lowest BCUT2D eigenvalue weighted by atomic mass is 10.2. The fourth-order valence-corrected chi connectivity index (χ4v) is 2.76. The van der Waals surface area contributed by atoms with Crippen LogP contribution in [0.4, 0.5) is 0 Å². The van der Waals surface area contributed by atoms with Gasteiger partial charge in [0.1, 0.15) is 0 Å². The number of aliphatic imine (C=N–C) groups is 1. The molecule has 7 heteroatoms. The van der Waals surface area contributed by atoms with Gasteiger partial charge in [0.15, 0.2) is 5.96 Å². The number of aromatic nitrogens is 1. The van der Waals surface area contributed by atoms with E-state index in [0.29, 0.717) is 13.0 Å². The van der Waals surface area contributed by atoms with E-state index in [1.807, 2.05) is 13.8 Å². The summed E-state index contributed by atoms with van der Waals surface area (Å²) in [4.78, 5) is 16.2. The van der Waals surface area contributed by atoms with Gasteiger partial charge in [-0.2, -0.15) is 0 Å². The fraction of sp³-hybridized carbons (Fsp3) is 0.500. The molecule has 0 aliphatic heterocycles. The molecule has 0 unspecified atom stereocenters. The lowest BCUT2D eigenvalue weighted by Crippen LogP contribution is -2.39. The maximum Gasteiger partial charge on any atom is 0.221 e. The SMILES string of the molecule is CCCNC(=O)CCNC(=NCCCn1ccc2ccccc21)NCC.I. The predicted molar refractivity (Wildman–Crippen MR) is 124 cm³/mol. The maximum atomic E-state index is 11.6. The molecule has 1 heterocycles. The van der Waals surface area contributed by atoms with Crippen molar-refractivity contribution in [3.05, 3.63) is 36.5 Å². The molecule has 1 amide bonds. The quantitative estimate of drug-likeness (QED) is 0.210. The van der Waals surface area contributed by atoms with E-state index in [9.17, 15) is 4.79 Å². The van der Waals surface area contributed by atoms with Gasteiger partial charge in [-0.05, 0) is 37.3 Å². The monoisotopic (exact) mass is 485 g/mol. The number of hydrogen-bond acceptors (Lipinski definition) is 2. The highest BCUT2D eigenvalue weighted by Crippen LogP contribution is 2.15. The summed E-state index contributed by atoms with van der Waals surface area (Å²) < 4.78 is 2.27. The van der Waals surface area contributed by atoms with Crippen LogP contribution in [-0.2, 0) is 11.3 Å². The van der Waals surface area contributed by atoms with Crippen LogP contribution < -0.4 is 16.0 Å². The van der Waals surface area contributed by atoms with Gasteiger partial charge in [0.05, 0.1) is 0 Å². The molecule has 1 aromatic carbocycles. The molecule has 27 heavy (non-hydrogen) atoms. The van der Waals surface area contributed by atoms with Crippen LogP contribution in [0.5, 0.6) is 0 Å². The molecule has 1 aromatic heterocycles. The van der Waals surface area contributed by atoms with E-state index < -0.39 is 0 Å². The Morgan fingerprint density at radius 1 is 1.07 bits per heavy atom. The number of hydrogen-bond donors (Lipinski definition) is 3. The van der Waals surface area contributed by atoms with E-state index in [0.717, 1.165) is 45.0 Å². The minimum atomic E-state index is 0. The van der Waals surface area contributed by atoms with Gasteiger partial charge in [0.2, 0.25) is 5.91 Å². The molecular formula is C20H32IN5O. The summed E-state index contributed by atoms with van der Waals surface area (Å²) in [6.07, 6.45) is 4.51. The maximum absolute atomic E-state index is 11.6. The van der Waals surface area contributed by atoms with Crippen molar-refractivity contribution < 1.29 is 4.79 Å². The molecule has 150 valence electrons. The zero-order valence-corrected chi connectivity index (χ0v) is 18.7. The lowest BCUT2D eigenvalue weighted by molar-refractivity contribution is -0.120. The van der Waals surface area contributed by atoms with Crippen LogP contribution in [0.1, 0.15) is 33.1 Å². The molecule has 0 fully saturated rings. The average molecular weight is 485 g/mol. The third-order valence-corrected chi connectivity index (χ3v) is 4.07. The highest BCUT2D eigenvalue weighted by molar-refractivity contribution is 14.0. The highest BCUT2D eigenvalue weighted by atomic mass is 127. The Morgan fingerprint density at radius 2 is 1.89 bits per heavy atom. The summed E-state index contributed by atoms with van der Waals surface area (Å²) in [5, 5.41) is 10.6. The number of carbonyl (C=O) groups is 1. The van der Waals surface area contributed by atoms with Gasteiger partial charge >= 0.3 is 0 Å². The largest absolute Gasteiger partial charge is 0.357 e. The first kappa shape index (κ1) is 23.3. The molecular weight excluding hydrogens is 453 g/mol. The summed E-state index contributed by atoms with van der Waals surface area (Å²) in [5.41, 5.74) is 1.26. The summed E-state index contributed by atoms with van der Waals surface area (Å²) in [7, 11) is 0. The molecule has 0 saturated heterocycles. The Morgan fingerprint density at radius 3 is 2.67 bits per heavy atom. The van der Waals surface area contributed by atoms with Crippen molar-refractivity contribution in [2.24, 2.45) is 4.99 Å². The Bertz CT molecular complexity index is 713. The highest BCUT2D eigenvalue weighted by Gasteiger charge is 2.02. The van der Waals surface area contributed by atoms with E-state index in [2.05, 4.69) is 62.0 Å². The van der Waals surface area contributed by atoms with Gasteiger partial charge in [0, 0.05) is 50.9 Å². The zero-order valence-electron chi connectivity index (χ0n) is 16.3. The molecule has 0 aliphatic rings. The van der Waals surface area contributed by atoms with Gasteiger partial charge in [-0.15, -0.1) is 24.0 Å². The Balaban J connectivity index is 0.00000364. The van der Waals surface area contributed by atoms with E-state index in [-0.39, 0.29) is 29.9 Å². The molecule has 0 bridgehead atoms. The second-order valence-corrected chi connectivity index (χ2v) is 6.21. The van der Waals surface area contributed by atoms with E-state index in [4.69, 9.17) is 0 Å². The van der Waals surface area contributed by atoms with Crippen molar-refractivity contribution in [1.29, 1.82) is 0 Å². The van der Waals surface area contributed by atoms with Crippen molar-refractivity contribution in [1.82, 2.24) is 20.5 Å². The zero-order chi connectivity index (χ0) is 18.6. The molecule has 0 radical (unpaired) electrons. The van der Waals surface area contributed by atoms with E-state index in [1.165, 1.54) is 10.9 Å². The van der Waals surface area contributed by atoms with Gasteiger partial charge in [-0.25, -0.2) is 0 Å². The Kier molecular flexibility index (Phi) is 11.6. The summed E-state index contributed by atoms with van der Waals surface area (Å²) in [6.45, 7) is 7.89. The number of para-hydroxylation sites is 1. The number of aryl methyl sites for hydroxylation is 1. The predicted octanol–water partition coefficient (Wildman–Crippen LogP) is 3.12. The number of amides is 1. The van der Waals surface area contributed by atoms with Crippen LogP contribution >= 0.6 is 24.0 Å². The van der Waals surface area contributed by atoms with Gasteiger partial charge in [-0.1, -0.05) is 25.1 Å². The number of nitrogens with zero attached hydrogens (tertiary/aromatic N) is 2. The van der Waals surface area contributed by atoms with Crippen molar-refractivity contribution >= 4 is 46.7 Å². The van der Waals surface area contributed by atoms with Crippen molar-refractivity contribution in [3.8, 4) is 0 Å². The van der Waals surface area contributed by atoms with E-state index in [1.54, 1.807) is 0 Å². The standard InChI is InChI=1S/C20H31N5O.HI/c1-3-12-22-19(26)10-14-24-20(21-4-2)23-13-7-15-25-16-11-17-8-5-6-9-18(17)25;/h5-6,8-9,11,16H,3-4,7,10,12-15H2,1-2H3,(H,22,26)(H2,21,23,24);1H. The average Bonchev–Trinajstić information content (AvgIpc) is 3.06. The number of guanidine groups is 1. The number of rotatable bonds is 10. The number of fused-ring (bicyclic) bond motifs is 1. The van der Waals surface area contributed by atoms with Crippen LogP contribution in [0.15, 0.2) is 41.5 Å². The number of nitrogens with one attached hydrogen (secondary N) is 3. The normalized spacial score (nSPS) is 11.1. The molecule has 0 atom stereocenters. The van der Waals surface area contributed by atoms with Crippen molar-refractivity contribution in [2.75, 3.05) is 26.2 Å². The molecule has 6 nitrogen and oxygen atoms in total. The van der Waals surface area contributed by atoms with Gasteiger partial charge in [-0.3, -0.25) is 9.79 Å². The lowest BCUT2D eigenvalue weighted by Gasteiger charge is -2.11. The first-order valence-corrected chi connectivity index (χ1v) is 9.57. The van der Waals surface area contributed by atoms with Crippen LogP contribution in [0.25, 0.3) is 10.9 Å². The Labute approximate surface area is 179 Å². The minimum absolute atomic E-state index is 0. The number of carbonyl (C=O) groups excluding carboxylic acids is 1.